The number of H-pyrrole nitrogens is 2. The Hall–Kier alpha value is -5.70. The summed E-state index contributed by atoms with van der Waals surface area (Å²) in [7, 11) is 0. The van der Waals surface area contributed by atoms with Gasteiger partial charge in [-0.3, -0.25) is 24.8 Å². The van der Waals surface area contributed by atoms with Gasteiger partial charge in [-0.1, -0.05) is 24.3 Å². The number of hydrogen-bond acceptors (Lipinski definition) is 6. The smallest absolute Gasteiger partial charge is 0.255 e. The summed E-state index contributed by atoms with van der Waals surface area (Å²) in [5, 5.41) is 11.5. The highest BCUT2D eigenvalue weighted by Gasteiger charge is 2.17. The van der Waals surface area contributed by atoms with Crippen LogP contribution in [0.1, 0.15) is 10.4 Å². The maximum absolute atomic E-state index is 12.6. The Morgan fingerprint density at radius 3 is 2.51 bits per heavy atom. The number of benzene rings is 2. The van der Waals surface area contributed by atoms with Gasteiger partial charge in [-0.05, 0) is 54.1 Å². The minimum absolute atomic E-state index is 0.188. The molecule has 9 nitrogen and oxygen atoms in total. The number of nitrogens with zero attached hydrogens (tertiary/aromatic N) is 5. The zero-order valence-electron chi connectivity index (χ0n) is 20.5. The first-order valence-corrected chi connectivity index (χ1v) is 12.3. The first-order chi connectivity index (χ1) is 19.2. The van der Waals surface area contributed by atoms with Crippen LogP contribution in [0.3, 0.4) is 0 Å². The molecule has 186 valence electrons. The average Bonchev–Trinajstić information content (AvgIpc) is 3.62. The number of hydrogen-bond donors (Lipinski definition) is 3. The summed E-state index contributed by atoms with van der Waals surface area (Å²) in [5.74, 6) is 0.445. The molecule has 3 N–H and O–H groups in total. The molecule has 0 aliphatic carbocycles. The van der Waals surface area contributed by atoms with Crippen molar-refractivity contribution in [2.45, 2.75) is 0 Å². The molecule has 0 spiro atoms. The van der Waals surface area contributed by atoms with Crippen molar-refractivity contribution in [2.75, 3.05) is 5.32 Å². The first-order valence-electron chi connectivity index (χ1n) is 12.3. The van der Waals surface area contributed by atoms with E-state index >= 15 is 0 Å². The number of nitrogens with one attached hydrogen (secondary N) is 3. The predicted molar refractivity (Wildman–Crippen MR) is 150 cm³/mol. The monoisotopic (exact) mass is 508 g/mol. The van der Waals surface area contributed by atoms with Gasteiger partial charge in [0.1, 0.15) is 11.2 Å². The number of amides is 1. The van der Waals surface area contributed by atoms with E-state index in [2.05, 4.69) is 35.5 Å². The van der Waals surface area contributed by atoms with Crippen molar-refractivity contribution in [3.63, 3.8) is 0 Å². The van der Waals surface area contributed by atoms with Crippen LogP contribution in [0.25, 0.3) is 55.8 Å². The second-order valence-electron chi connectivity index (χ2n) is 9.00. The Morgan fingerprint density at radius 1 is 0.744 bits per heavy atom. The van der Waals surface area contributed by atoms with Gasteiger partial charge in [0.15, 0.2) is 5.82 Å². The summed E-state index contributed by atoms with van der Waals surface area (Å²) >= 11 is 0. The SMILES string of the molecule is O=C(Nc1cncc(-c2ccc3[nH]nc(-c4nc5c(-c6cccnc6)nccc5[nH]4)c3c2)c1)c1ccccc1. The lowest BCUT2D eigenvalue weighted by molar-refractivity contribution is 0.102. The number of rotatable bonds is 5. The Bertz CT molecular complexity index is 1960. The lowest BCUT2D eigenvalue weighted by Crippen LogP contribution is -2.11. The Balaban J connectivity index is 1.25. The van der Waals surface area contributed by atoms with E-state index in [4.69, 9.17) is 4.98 Å². The summed E-state index contributed by atoms with van der Waals surface area (Å²) in [6, 6.07) is 22.7. The normalized spacial score (nSPS) is 11.2. The minimum atomic E-state index is -0.188. The molecule has 0 bridgehead atoms. The van der Waals surface area contributed by atoms with Crippen LogP contribution in [0.15, 0.2) is 104 Å². The summed E-state index contributed by atoms with van der Waals surface area (Å²) in [6.45, 7) is 0. The van der Waals surface area contributed by atoms with E-state index in [-0.39, 0.29) is 5.91 Å². The molecule has 2 aromatic carbocycles. The van der Waals surface area contributed by atoms with Crippen molar-refractivity contribution in [1.82, 2.24) is 35.1 Å². The molecule has 5 aromatic heterocycles. The molecule has 0 saturated heterocycles. The zero-order chi connectivity index (χ0) is 26.2. The highest BCUT2D eigenvalue weighted by Crippen LogP contribution is 2.32. The van der Waals surface area contributed by atoms with Crippen LogP contribution in [-0.2, 0) is 0 Å². The molecule has 0 aliphatic heterocycles. The van der Waals surface area contributed by atoms with Gasteiger partial charge < -0.3 is 10.3 Å². The second-order valence-corrected chi connectivity index (χ2v) is 9.00. The summed E-state index contributed by atoms with van der Waals surface area (Å²) in [6.07, 6.45) is 8.66. The minimum Gasteiger partial charge on any atom is -0.336 e. The zero-order valence-corrected chi connectivity index (χ0v) is 20.5. The summed E-state index contributed by atoms with van der Waals surface area (Å²) in [5.41, 5.74) is 7.82. The number of aromatic amines is 2. The Kier molecular flexibility index (Phi) is 5.37. The van der Waals surface area contributed by atoms with Crippen LogP contribution in [-0.4, -0.2) is 41.0 Å². The maximum atomic E-state index is 12.6. The van der Waals surface area contributed by atoms with E-state index in [0.717, 1.165) is 44.3 Å². The molecule has 39 heavy (non-hydrogen) atoms. The third kappa shape index (κ3) is 4.17. The molecule has 0 fully saturated rings. The third-order valence-electron chi connectivity index (χ3n) is 6.49. The van der Waals surface area contributed by atoms with Gasteiger partial charge >= 0.3 is 0 Å². The number of aromatic nitrogens is 7. The fraction of sp³-hybridized carbons (Fsp3) is 0. The van der Waals surface area contributed by atoms with E-state index in [1.165, 1.54) is 0 Å². The van der Waals surface area contributed by atoms with Crippen molar-refractivity contribution in [2.24, 2.45) is 0 Å². The van der Waals surface area contributed by atoms with Crippen molar-refractivity contribution >= 4 is 33.5 Å². The van der Waals surface area contributed by atoms with E-state index in [1.807, 2.05) is 60.7 Å². The molecule has 0 unspecified atom stereocenters. The van der Waals surface area contributed by atoms with Gasteiger partial charge in [-0.15, -0.1) is 0 Å². The molecule has 1 amide bonds. The molecular formula is C30H20N8O. The summed E-state index contributed by atoms with van der Waals surface area (Å²) in [4.78, 5) is 34.0. The first kappa shape index (κ1) is 22.5. The van der Waals surface area contributed by atoms with E-state index in [0.29, 0.717) is 22.8 Å². The van der Waals surface area contributed by atoms with Crippen molar-refractivity contribution in [1.29, 1.82) is 0 Å². The van der Waals surface area contributed by atoms with Gasteiger partial charge in [-0.2, -0.15) is 5.10 Å². The van der Waals surface area contributed by atoms with Crippen molar-refractivity contribution in [3.05, 3.63) is 109 Å². The Morgan fingerprint density at radius 2 is 1.64 bits per heavy atom. The number of pyridine rings is 3. The van der Waals surface area contributed by atoms with Gasteiger partial charge in [-0.25, -0.2) is 4.98 Å². The largest absolute Gasteiger partial charge is 0.336 e. The number of carbonyl (C=O) groups is 1. The lowest BCUT2D eigenvalue weighted by Gasteiger charge is -2.08. The number of anilines is 1. The number of fused-ring (bicyclic) bond motifs is 2. The molecule has 9 heteroatoms. The molecule has 7 rings (SSSR count). The standard InChI is InChI=1S/C30H20N8O/c39-30(18-5-2-1-3-6-18)34-22-13-21(16-32-17-22)19-8-9-24-23(14-19)27(38-37-24)29-35-25-10-12-33-26(28(25)36-29)20-7-4-11-31-15-20/h1-17H,(H,34,39)(H,35,36)(H,37,38). The third-order valence-corrected chi connectivity index (χ3v) is 6.49. The topological polar surface area (TPSA) is 125 Å². The average molecular weight is 509 g/mol. The van der Waals surface area contributed by atoms with E-state index in [9.17, 15) is 4.79 Å². The number of imidazole rings is 1. The van der Waals surface area contributed by atoms with Crippen LogP contribution in [0.2, 0.25) is 0 Å². The van der Waals surface area contributed by atoms with Crippen LogP contribution >= 0.6 is 0 Å². The fourth-order valence-corrected chi connectivity index (χ4v) is 4.59. The molecule has 5 heterocycles. The molecule has 7 aromatic rings. The van der Waals surface area contributed by atoms with E-state index < -0.39 is 0 Å². The molecule has 0 radical (unpaired) electrons. The molecule has 0 atom stereocenters. The van der Waals surface area contributed by atoms with Crippen LogP contribution < -0.4 is 5.32 Å². The second kappa shape index (κ2) is 9.31. The van der Waals surface area contributed by atoms with Gasteiger partial charge in [0.2, 0.25) is 0 Å². The number of carbonyl (C=O) groups excluding carboxylic acids is 1. The van der Waals surface area contributed by atoms with Crippen LogP contribution in [0.5, 0.6) is 0 Å². The van der Waals surface area contributed by atoms with Gasteiger partial charge in [0.05, 0.1) is 28.6 Å². The highest BCUT2D eigenvalue weighted by atomic mass is 16.1. The van der Waals surface area contributed by atoms with Gasteiger partial charge in [0.25, 0.3) is 5.91 Å². The van der Waals surface area contributed by atoms with Crippen LogP contribution in [0, 0.1) is 0 Å². The van der Waals surface area contributed by atoms with Crippen molar-refractivity contribution < 1.29 is 4.79 Å². The fourth-order valence-electron chi connectivity index (χ4n) is 4.59. The molecule has 0 aliphatic rings. The molecular weight excluding hydrogens is 488 g/mol. The van der Waals surface area contributed by atoms with Crippen molar-refractivity contribution in [3.8, 4) is 33.9 Å². The van der Waals surface area contributed by atoms with Crippen LogP contribution in [0.4, 0.5) is 5.69 Å². The summed E-state index contributed by atoms with van der Waals surface area (Å²) < 4.78 is 0. The Labute approximate surface area is 222 Å². The predicted octanol–water partition coefficient (Wildman–Crippen LogP) is 5.88. The lowest BCUT2D eigenvalue weighted by atomic mass is 10.0. The maximum Gasteiger partial charge on any atom is 0.255 e. The van der Waals surface area contributed by atoms with E-state index in [1.54, 1.807) is 43.1 Å². The van der Waals surface area contributed by atoms with Gasteiger partial charge in [0, 0.05) is 46.9 Å². The highest BCUT2D eigenvalue weighted by molar-refractivity contribution is 6.04. The molecule has 0 saturated carbocycles. The quantitative estimate of drug-likeness (QED) is 0.267.